The first-order valence-electron chi connectivity index (χ1n) is 9.58. The van der Waals surface area contributed by atoms with Crippen LogP contribution in [-0.2, 0) is 4.79 Å². The maximum absolute atomic E-state index is 12.4. The van der Waals surface area contributed by atoms with Crippen LogP contribution < -0.4 is 10.6 Å². The van der Waals surface area contributed by atoms with E-state index in [1.807, 2.05) is 6.92 Å². The number of guanidine groups is 1. The number of carbonyl (C=O) groups is 2. The topological polar surface area (TPSA) is 77.0 Å². The highest BCUT2D eigenvalue weighted by Gasteiger charge is 2.45. The molecule has 0 aliphatic carbocycles. The second kappa shape index (κ2) is 10.3. The van der Waals surface area contributed by atoms with Crippen molar-refractivity contribution in [1.29, 1.82) is 0 Å². The van der Waals surface area contributed by atoms with Crippen molar-refractivity contribution >= 4 is 41.9 Å². The highest BCUT2D eigenvalue weighted by atomic mass is 127. The highest BCUT2D eigenvalue weighted by Crippen LogP contribution is 2.21. The number of piperidine rings is 1. The monoisotopic (exact) mass is 479 g/mol. The Morgan fingerprint density at radius 1 is 1.31 bits per heavy atom. The predicted molar refractivity (Wildman–Crippen MR) is 115 cm³/mol. The van der Waals surface area contributed by atoms with Crippen molar-refractivity contribution in [2.45, 2.75) is 58.9 Å². The molecule has 0 saturated carbocycles. The van der Waals surface area contributed by atoms with E-state index in [0.29, 0.717) is 25.9 Å². The first-order chi connectivity index (χ1) is 11.9. The number of urea groups is 1. The van der Waals surface area contributed by atoms with Crippen LogP contribution in [0.15, 0.2) is 4.99 Å². The van der Waals surface area contributed by atoms with Gasteiger partial charge >= 0.3 is 6.03 Å². The van der Waals surface area contributed by atoms with Gasteiger partial charge in [-0.05, 0) is 45.4 Å². The molecule has 0 aromatic heterocycles. The number of hydrogen-bond acceptors (Lipinski definition) is 3. The molecule has 8 heteroatoms. The fourth-order valence-corrected chi connectivity index (χ4v) is 3.25. The summed E-state index contributed by atoms with van der Waals surface area (Å²) in [5, 5.41) is 6.14. The third kappa shape index (κ3) is 5.47. The average molecular weight is 479 g/mol. The SMILES string of the molecule is CCNC(=NCCCN1C(=O)NC(C)(CC)C1=O)N1CCC(C)CC1.I. The van der Waals surface area contributed by atoms with Crippen LogP contribution in [0, 0.1) is 5.92 Å². The molecule has 2 heterocycles. The summed E-state index contributed by atoms with van der Waals surface area (Å²) in [5.41, 5.74) is -0.750. The number of rotatable bonds is 6. The summed E-state index contributed by atoms with van der Waals surface area (Å²) in [7, 11) is 0. The molecule has 0 spiro atoms. The molecule has 2 rings (SSSR count). The zero-order valence-electron chi connectivity index (χ0n) is 16.5. The Bertz CT molecular complexity index is 520. The third-order valence-electron chi connectivity index (χ3n) is 5.27. The Morgan fingerprint density at radius 2 is 1.96 bits per heavy atom. The van der Waals surface area contributed by atoms with E-state index in [9.17, 15) is 9.59 Å². The molecule has 1 atom stereocenters. The fraction of sp³-hybridized carbons (Fsp3) is 0.833. The summed E-state index contributed by atoms with van der Waals surface area (Å²) in [6.45, 7) is 12.0. The van der Waals surface area contributed by atoms with Gasteiger partial charge in [0.05, 0.1) is 0 Å². The first-order valence-corrected chi connectivity index (χ1v) is 9.58. The van der Waals surface area contributed by atoms with Crippen LogP contribution in [0.2, 0.25) is 0 Å². The molecule has 2 N–H and O–H groups in total. The van der Waals surface area contributed by atoms with E-state index in [1.54, 1.807) is 6.92 Å². The van der Waals surface area contributed by atoms with Crippen molar-refractivity contribution in [3.8, 4) is 0 Å². The van der Waals surface area contributed by atoms with Gasteiger partial charge < -0.3 is 15.5 Å². The molecule has 1 unspecified atom stereocenters. The summed E-state index contributed by atoms with van der Waals surface area (Å²) in [4.78, 5) is 32.7. The maximum Gasteiger partial charge on any atom is 0.325 e. The Balaban J connectivity index is 0.00000338. The minimum Gasteiger partial charge on any atom is -0.357 e. The minimum absolute atomic E-state index is 0. The van der Waals surface area contributed by atoms with E-state index >= 15 is 0 Å². The number of hydrogen-bond donors (Lipinski definition) is 2. The van der Waals surface area contributed by atoms with E-state index in [1.165, 1.54) is 17.7 Å². The van der Waals surface area contributed by atoms with Crippen LogP contribution in [0.3, 0.4) is 0 Å². The Hall–Kier alpha value is -1.06. The number of halogens is 1. The number of likely N-dealkylation sites (tertiary alicyclic amines) is 1. The second-order valence-electron chi connectivity index (χ2n) is 7.33. The van der Waals surface area contributed by atoms with Crippen LogP contribution in [0.5, 0.6) is 0 Å². The van der Waals surface area contributed by atoms with Crippen molar-refractivity contribution < 1.29 is 9.59 Å². The second-order valence-corrected chi connectivity index (χ2v) is 7.33. The lowest BCUT2D eigenvalue weighted by Gasteiger charge is -2.33. The van der Waals surface area contributed by atoms with Gasteiger partial charge in [0, 0.05) is 32.7 Å². The lowest BCUT2D eigenvalue weighted by atomic mass is 9.99. The zero-order valence-corrected chi connectivity index (χ0v) is 18.8. The van der Waals surface area contributed by atoms with Crippen LogP contribution >= 0.6 is 24.0 Å². The number of amides is 3. The Kier molecular flexibility index (Phi) is 9.12. The molecule has 3 amide bonds. The number of nitrogens with zero attached hydrogens (tertiary/aromatic N) is 3. The van der Waals surface area contributed by atoms with Gasteiger partial charge in [-0.15, -0.1) is 24.0 Å². The molecule has 26 heavy (non-hydrogen) atoms. The van der Waals surface area contributed by atoms with Gasteiger partial charge in [0.1, 0.15) is 5.54 Å². The predicted octanol–water partition coefficient (Wildman–Crippen LogP) is 2.41. The van der Waals surface area contributed by atoms with Gasteiger partial charge in [0.25, 0.3) is 5.91 Å². The average Bonchev–Trinajstić information content (AvgIpc) is 2.81. The van der Waals surface area contributed by atoms with Gasteiger partial charge in [-0.25, -0.2) is 4.79 Å². The van der Waals surface area contributed by atoms with Gasteiger partial charge in [-0.1, -0.05) is 13.8 Å². The normalized spacial score (nSPS) is 24.5. The molecular weight excluding hydrogens is 445 g/mol. The minimum atomic E-state index is -0.750. The lowest BCUT2D eigenvalue weighted by molar-refractivity contribution is -0.130. The van der Waals surface area contributed by atoms with Crippen molar-refractivity contribution in [2.75, 3.05) is 32.7 Å². The van der Waals surface area contributed by atoms with Gasteiger partial charge in [0.2, 0.25) is 0 Å². The molecule has 2 aliphatic heterocycles. The van der Waals surface area contributed by atoms with Gasteiger partial charge in [-0.2, -0.15) is 0 Å². The van der Waals surface area contributed by atoms with Gasteiger partial charge in [-0.3, -0.25) is 14.7 Å². The number of nitrogens with one attached hydrogen (secondary N) is 2. The summed E-state index contributed by atoms with van der Waals surface area (Å²) in [6, 6.07) is -0.282. The lowest BCUT2D eigenvalue weighted by Crippen LogP contribution is -2.45. The highest BCUT2D eigenvalue weighted by molar-refractivity contribution is 14.0. The van der Waals surface area contributed by atoms with Crippen LogP contribution in [0.1, 0.15) is 53.4 Å². The molecule has 150 valence electrons. The van der Waals surface area contributed by atoms with Gasteiger partial charge in [0.15, 0.2) is 5.96 Å². The molecule has 2 saturated heterocycles. The van der Waals surface area contributed by atoms with Crippen molar-refractivity contribution in [3.05, 3.63) is 0 Å². The summed E-state index contributed by atoms with van der Waals surface area (Å²) >= 11 is 0. The largest absolute Gasteiger partial charge is 0.357 e. The third-order valence-corrected chi connectivity index (χ3v) is 5.27. The molecule has 2 aliphatic rings. The maximum atomic E-state index is 12.4. The van der Waals surface area contributed by atoms with Crippen molar-refractivity contribution in [2.24, 2.45) is 10.9 Å². The Labute approximate surface area is 174 Å². The van der Waals surface area contributed by atoms with E-state index in [-0.39, 0.29) is 35.9 Å². The molecular formula is C18H34IN5O2. The summed E-state index contributed by atoms with van der Waals surface area (Å²) < 4.78 is 0. The quantitative estimate of drug-likeness (QED) is 0.202. The van der Waals surface area contributed by atoms with E-state index in [0.717, 1.165) is 31.5 Å². The number of aliphatic imine (C=N–C) groups is 1. The molecule has 0 bridgehead atoms. The standard InChI is InChI=1S/C18H33N5O2.HI/c1-5-18(4)15(24)23(17(25)21-18)11-7-10-20-16(19-6-2)22-12-8-14(3)9-13-22;/h14H,5-13H2,1-4H3,(H,19,20)(H,21,25);1H. The zero-order chi connectivity index (χ0) is 18.4. The van der Waals surface area contributed by atoms with E-state index in [2.05, 4.69) is 29.4 Å². The molecule has 0 aromatic rings. The summed E-state index contributed by atoms with van der Waals surface area (Å²) in [5.74, 6) is 1.61. The molecule has 0 aromatic carbocycles. The molecule has 2 fully saturated rings. The number of carbonyl (C=O) groups excluding carboxylic acids is 2. The Morgan fingerprint density at radius 3 is 2.50 bits per heavy atom. The molecule has 7 nitrogen and oxygen atoms in total. The van der Waals surface area contributed by atoms with E-state index in [4.69, 9.17) is 4.99 Å². The number of imide groups is 1. The first kappa shape index (κ1) is 23.0. The van der Waals surface area contributed by atoms with E-state index < -0.39 is 5.54 Å². The molecule has 0 radical (unpaired) electrons. The smallest absolute Gasteiger partial charge is 0.325 e. The fourth-order valence-electron chi connectivity index (χ4n) is 3.25. The van der Waals surface area contributed by atoms with Crippen LogP contribution in [-0.4, -0.2) is 66.0 Å². The van der Waals surface area contributed by atoms with Crippen molar-refractivity contribution in [1.82, 2.24) is 20.4 Å². The van der Waals surface area contributed by atoms with Crippen molar-refractivity contribution in [3.63, 3.8) is 0 Å². The van der Waals surface area contributed by atoms with Crippen LogP contribution in [0.4, 0.5) is 4.79 Å². The summed E-state index contributed by atoms with van der Waals surface area (Å²) in [6.07, 6.45) is 3.67. The van der Waals surface area contributed by atoms with Crippen LogP contribution in [0.25, 0.3) is 0 Å².